The van der Waals surface area contributed by atoms with Gasteiger partial charge in [-0.05, 0) is 122 Å². The van der Waals surface area contributed by atoms with Crippen LogP contribution in [0.4, 0.5) is 0 Å². The fraction of sp³-hybridized carbons (Fsp3) is 0.939. The zero-order valence-corrected chi connectivity index (χ0v) is 27.8. The summed E-state index contributed by atoms with van der Waals surface area (Å²) < 4.78 is 19.1. The zero-order valence-electron chi connectivity index (χ0n) is 26.8. The maximum absolute atomic E-state index is 7.01. The summed E-state index contributed by atoms with van der Waals surface area (Å²) >= 11 is 0. The molecule has 0 saturated heterocycles. The lowest BCUT2D eigenvalue weighted by Gasteiger charge is -2.63. The third-order valence-corrected chi connectivity index (χ3v) is 17.9. The lowest BCUT2D eigenvalue weighted by atomic mass is 9.43. The van der Waals surface area contributed by atoms with Gasteiger partial charge in [-0.1, -0.05) is 41.5 Å². The maximum atomic E-state index is 7.01. The Bertz CT molecular complexity index is 1000. The first-order valence-electron chi connectivity index (χ1n) is 16.2. The van der Waals surface area contributed by atoms with Gasteiger partial charge in [-0.3, -0.25) is 0 Å². The van der Waals surface area contributed by atoms with E-state index in [1.165, 1.54) is 51.4 Å². The smallest absolute Gasteiger partial charge is 0.216 e. The van der Waals surface area contributed by atoms with Gasteiger partial charge in [0.25, 0.3) is 0 Å². The van der Waals surface area contributed by atoms with Crippen LogP contribution in [0.5, 0.6) is 0 Å². The SMILES string of the molecule is CO[C@@H]1C[C@@H]2C[C@H](O[Si](C)(C)C(C)(C)C)CC[C@]2(C)[C@H]2CC[C@]3(C)[C@@H]([C@H](C)CCc4nnc(C)o4)CC[C@H]3[C@H]12. The monoisotopic (exact) mass is 558 g/mol. The van der Waals surface area contributed by atoms with Crippen molar-refractivity contribution >= 4 is 8.32 Å². The number of methoxy groups -OCH3 is 1. The van der Waals surface area contributed by atoms with Crippen molar-refractivity contribution in [1.29, 1.82) is 0 Å². The summed E-state index contributed by atoms with van der Waals surface area (Å²) in [6, 6.07) is 0. The second kappa shape index (κ2) is 10.5. The summed E-state index contributed by atoms with van der Waals surface area (Å²) in [5.41, 5.74) is 0.863. The van der Waals surface area contributed by atoms with E-state index in [1.54, 1.807) is 0 Å². The van der Waals surface area contributed by atoms with Gasteiger partial charge in [0.1, 0.15) is 0 Å². The average molecular weight is 559 g/mol. The molecule has 0 bridgehead atoms. The van der Waals surface area contributed by atoms with Gasteiger partial charge >= 0.3 is 0 Å². The Morgan fingerprint density at radius 3 is 2.33 bits per heavy atom. The molecule has 0 N–H and O–H groups in total. The van der Waals surface area contributed by atoms with E-state index < -0.39 is 8.32 Å². The van der Waals surface area contributed by atoms with Crippen molar-refractivity contribution in [3.05, 3.63) is 11.8 Å². The molecule has 4 saturated carbocycles. The Morgan fingerprint density at radius 1 is 1.00 bits per heavy atom. The van der Waals surface area contributed by atoms with Crippen molar-refractivity contribution in [2.45, 2.75) is 143 Å². The van der Waals surface area contributed by atoms with E-state index in [9.17, 15) is 0 Å². The fourth-order valence-corrected chi connectivity index (χ4v) is 11.5. The molecule has 0 aromatic carbocycles. The van der Waals surface area contributed by atoms with Crippen molar-refractivity contribution in [1.82, 2.24) is 10.2 Å². The van der Waals surface area contributed by atoms with Crippen molar-refractivity contribution < 1.29 is 13.6 Å². The van der Waals surface area contributed by atoms with E-state index >= 15 is 0 Å². The molecule has 0 radical (unpaired) electrons. The Kier molecular flexibility index (Phi) is 8.03. The molecule has 0 unspecified atom stereocenters. The van der Waals surface area contributed by atoms with Crippen molar-refractivity contribution in [3.63, 3.8) is 0 Å². The number of rotatable bonds is 7. The molecule has 5 rings (SSSR count). The van der Waals surface area contributed by atoms with E-state index in [0.717, 1.165) is 42.4 Å². The molecule has 6 heteroatoms. The van der Waals surface area contributed by atoms with E-state index in [4.69, 9.17) is 13.6 Å². The first-order valence-corrected chi connectivity index (χ1v) is 19.1. The van der Waals surface area contributed by atoms with Gasteiger partial charge in [-0.15, -0.1) is 10.2 Å². The van der Waals surface area contributed by atoms with Crippen LogP contribution >= 0.6 is 0 Å². The number of aryl methyl sites for hydroxylation is 2. The van der Waals surface area contributed by atoms with E-state index in [-0.39, 0.29) is 5.04 Å². The minimum absolute atomic E-state index is 0.273. The van der Waals surface area contributed by atoms with Gasteiger partial charge in [0, 0.05) is 26.6 Å². The third-order valence-electron chi connectivity index (χ3n) is 13.3. The van der Waals surface area contributed by atoms with Crippen LogP contribution < -0.4 is 0 Å². The molecule has 4 fully saturated rings. The van der Waals surface area contributed by atoms with Crippen LogP contribution in [0.2, 0.25) is 18.1 Å². The zero-order chi connectivity index (χ0) is 28.4. The number of hydrogen-bond acceptors (Lipinski definition) is 5. The molecule has 39 heavy (non-hydrogen) atoms. The molecule has 5 nitrogen and oxygen atoms in total. The summed E-state index contributed by atoms with van der Waals surface area (Å²) in [7, 11) is 0.253. The van der Waals surface area contributed by atoms with Crippen LogP contribution in [0.25, 0.3) is 0 Å². The molecular formula is C33H58N2O3Si. The molecular weight excluding hydrogens is 500 g/mol. The predicted octanol–water partition coefficient (Wildman–Crippen LogP) is 8.62. The van der Waals surface area contributed by atoms with Gasteiger partial charge < -0.3 is 13.6 Å². The minimum Gasteiger partial charge on any atom is -0.426 e. The Morgan fingerprint density at radius 2 is 1.69 bits per heavy atom. The molecule has 1 heterocycles. The van der Waals surface area contributed by atoms with Crippen LogP contribution in [0.3, 0.4) is 0 Å². The van der Waals surface area contributed by atoms with Gasteiger partial charge in [0.15, 0.2) is 8.32 Å². The highest BCUT2D eigenvalue weighted by atomic mass is 28.4. The number of fused-ring (bicyclic) bond motifs is 5. The minimum atomic E-state index is -1.75. The van der Waals surface area contributed by atoms with Crippen LogP contribution in [-0.4, -0.2) is 37.8 Å². The standard InChI is InChI=1S/C33H58N2O3Si/c1-21(11-14-29-35-34-22(2)37-29)25-12-13-26-30-27(16-18-33(25,26)7)32(6)17-15-24(19-23(32)20-28(30)36-8)38-39(9,10)31(3,4)5/h21,23-28,30H,11-20H2,1-10H3/t21-,23+,24-,25-,26+,27+,28-,30+,32+,33-/m1/s1. The maximum Gasteiger partial charge on any atom is 0.216 e. The highest BCUT2D eigenvalue weighted by Gasteiger charge is 2.63. The average Bonchev–Trinajstić information content (AvgIpc) is 3.43. The summed E-state index contributed by atoms with van der Waals surface area (Å²) in [4.78, 5) is 0. The molecule has 4 aliphatic carbocycles. The highest BCUT2D eigenvalue weighted by Crippen LogP contribution is 2.69. The van der Waals surface area contributed by atoms with Crippen LogP contribution in [0, 0.1) is 53.3 Å². The predicted molar refractivity (Wildman–Crippen MR) is 160 cm³/mol. The molecule has 0 aliphatic heterocycles. The van der Waals surface area contributed by atoms with Crippen molar-refractivity contribution in [3.8, 4) is 0 Å². The quantitative estimate of drug-likeness (QED) is 0.314. The van der Waals surface area contributed by atoms with Crippen LogP contribution in [0.1, 0.15) is 111 Å². The van der Waals surface area contributed by atoms with E-state index in [0.29, 0.717) is 40.8 Å². The first-order chi connectivity index (χ1) is 18.2. The lowest BCUT2D eigenvalue weighted by molar-refractivity contribution is -0.180. The molecule has 0 spiro atoms. The molecule has 4 aliphatic rings. The molecule has 1 aromatic rings. The highest BCUT2D eigenvalue weighted by molar-refractivity contribution is 6.74. The number of aromatic nitrogens is 2. The Hall–Kier alpha value is -0.723. The summed E-state index contributed by atoms with van der Waals surface area (Å²) in [5, 5.41) is 8.57. The van der Waals surface area contributed by atoms with E-state index in [2.05, 4.69) is 64.8 Å². The molecule has 0 amide bonds. The Balaban J connectivity index is 1.30. The van der Waals surface area contributed by atoms with Gasteiger partial charge in [0.05, 0.1) is 6.10 Å². The third kappa shape index (κ3) is 5.22. The second-order valence-corrected chi connectivity index (χ2v) is 21.0. The lowest BCUT2D eigenvalue weighted by Crippen LogP contribution is -2.59. The second-order valence-electron chi connectivity index (χ2n) is 16.2. The Labute approximate surface area is 240 Å². The van der Waals surface area contributed by atoms with Crippen molar-refractivity contribution in [2.24, 2.45) is 46.3 Å². The molecule has 222 valence electrons. The molecule has 10 atom stereocenters. The van der Waals surface area contributed by atoms with Crippen LogP contribution in [0.15, 0.2) is 4.42 Å². The topological polar surface area (TPSA) is 57.4 Å². The number of nitrogens with zero attached hydrogens (tertiary/aromatic N) is 2. The van der Waals surface area contributed by atoms with Gasteiger partial charge in [-0.2, -0.15) is 0 Å². The summed E-state index contributed by atoms with van der Waals surface area (Å²) in [5.74, 6) is 5.97. The van der Waals surface area contributed by atoms with Gasteiger partial charge in [0.2, 0.25) is 11.8 Å². The first kappa shape index (κ1) is 29.8. The van der Waals surface area contributed by atoms with E-state index in [1.807, 2.05) is 14.0 Å². The van der Waals surface area contributed by atoms with Crippen LogP contribution in [-0.2, 0) is 15.6 Å². The summed E-state index contributed by atoms with van der Waals surface area (Å²) in [6.07, 6.45) is 13.5. The largest absolute Gasteiger partial charge is 0.426 e. The number of ether oxygens (including phenoxy) is 1. The normalized spacial score (nSPS) is 41.5. The molecule has 1 aromatic heterocycles. The summed E-state index contributed by atoms with van der Waals surface area (Å²) in [6.45, 7) is 21.7. The van der Waals surface area contributed by atoms with Gasteiger partial charge in [-0.25, -0.2) is 0 Å². The number of hydrogen-bond donors (Lipinski definition) is 0. The van der Waals surface area contributed by atoms with Crippen molar-refractivity contribution in [2.75, 3.05) is 7.11 Å². The fourth-order valence-electron chi connectivity index (χ4n) is 10.1.